The van der Waals surface area contributed by atoms with E-state index < -0.39 is 13.5 Å². The number of hydrogen-bond donors (Lipinski definition) is 0. The monoisotopic (exact) mass is 1280 g/mol. The molecule has 0 aliphatic heterocycles. The molecule has 0 unspecified atom stereocenters. The summed E-state index contributed by atoms with van der Waals surface area (Å²) in [5.41, 5.74) is 20.0. The second kappa shape index (κ2) is 23.0. The molecule has 16 aromatic carbocycles. The first-order valence-electron chi connectivity index (χ1n) is 34.3. The molecule has 1 aliphatic carbocycles. The Labute approximate surface area is 576 Å². The highest BCUT2D eigenvalue weighted by Gasteiger charge is 2.42. The van der Waals surface area contributed by atoms with Crippen LogP contribution < -0.4 is 30.5 Å². The first-order chi connectivity index (χ1) is 48.7. The average Bonchev–Trinajstić information content (AvgIpc) is 1.64. The molecule has 19 rings (SSSR count). The van der Waals surface area contributed by atoms with E-state index in [4.69, 9.17) is 8.83 Å². The summed E-state index contributed by atoms with van der Waals surface area (Å²) in [6, 6.07) is 128. The van der Waals surface area contributed by atoms with E-state index in [2.05, 4.69) is 376 Å². The van der Waals surface area contributed by atoms with E-state index >= 15 is 0 Å². The zero-order valence-electron chi connectivity index (χ0n) is 55.1. The molecule has 0 saturated carbocycles. The second-order valence-corrected chi connectivity index (χ2v) is 31.0. The van der Waals surface area contributed by atoms with E-state index in [-0.39, 0.29) is 0 Å². The van der Waals surface area contributed by atoms with Gasteiger partial charge in [-0.2, -0.15) is 0 Å². The van der Waals surface area contributed by atoms with Crippen LogP contribution in [0.15, 0.2) is 355 Å². The molecule has 2 aromatic heterocycles. The molecule has 5 heteroatoms. The molecule has 0 spiro atoms. The van der Waals surface area contributed by atoms with Crippen molar-refractivity contribution in [2.24, 2.45) is 0 Å². The quantitative estimate of drug-likeness (QED) is 0.0901. The molecular formula is C94H66N2O2Si. The van der Waals surface area contributed by atoms with Gasteiger partial charge in [-0.1, -0.05) is 286 Å². The molecule has 4 nitrogen and oxygen atoms in total. The molecule has 18 aromatic rings. The van der Waals surface area contributed by atoms with Gasteiger partial charge in [0.1, 0.15) is 11.2 Å². The average molecular weight is 1280 g/mol. The van der Waals surface area contributed by atoms with Crippen molar-refractivity contribution in [3.05, 3.63) is 362 Å². The molecule has 468 valence electrons. The highest BCUT2D eigenvalue weighted by Crippen LogP contribution is 2.57. The van der Waals surface area contributed by atoms with Crippen molar-refractivity contribution in [2.75, 3.05) is 9.80 Å². The van der Waals surface area contributed by atoms with Crippen molar-refractivity contribution >= 4 is 139 Å². The van der Waals surface area contributed by atoms with Gasteiger partial charge >= 0.3 is 0 Å². The van der Waals surface area contributed by atoms with Crippen LogP contribution in [-0.2, 0) is 5.41 Å². The van der Waals surface area contributed by atoms with Crippen LogP contribution in [0.5, 0.6) is 0 Å². The number of para-hydroxylation sites is 2. The van der Waals surface area contributed by atoms with Crippen LogP contribution in [0, 0.1) is 6.92 Å². The maximum atomic E-state index is 7.29. The first kappa shape index (κ1) is 58.1. The van der Waals surface area contributed by atoms with Gasteiger partial charge in [0.15, 0.2) is 19.2 Å². The molecule has 0 bridgehead atoms. The van der Waals surface area contributed by atoms with Crippen LogP contribution in [0.2, 0.25) is 0 Å². The highest BCUT2D eigenvalue weighted by molar-refractivity contribution is 7.20. The third kappa shape index (κ3) is 9.33. The van der Waals surface area contributed by atoms with Crippen molar-refractivity contribution < 1.29 is 8.83 Å². The number of hydrogen-bond acceptors (Lipinski definition) is 4. The van der Waals surface area contributed by atoms with E-state index in [1.807, 2.05) is 0 Å². The molecule has 0 atom stereocenters. The van der Waals surface area contributed by atoms with Gasteiger partial charge in [0.2, 0.25) is 0 Å². The lowest BCUT2D eigenvalue weighted by atomic mass is 9.81. The zero-order chi connectivity index (χ0) is 65.9. The Bertz CT molecular complexity index is 6150. The van der Waals surface area contributed by atoms with Crippen molar-refractivity contribution in [3.63, 3.8) is 0 Å². The normalized spacial score (nSPS) is 12.7. The van der Waals surface area contributed by atoms with E-state index in [1.54, 1.807) is 0 Å². The van der Waals surface area contributed by atoms with Crippen LogP contribution in [0.3, 0.4) is 0 Å². The number of aryl methyl sites for hydroxylation is 1. The minimum absolute atomic E-state index is 0.453. The number of rotatable bonds is 12. The molecule has 2 heterocycles. The highest BCUT2D eigenvalue weighted by atomic mass is 28.3. The van der Waals surface area contributed by atoms with E-state index in [1.165, 1.54) is 75.7 Å². The van der Waals surface area contributed by atoms with Gasteiger partial charge < -0.3 is 18.6 Å². The summed E-state index contributed by atoms with van der Waals surface area (Å²) in [4.78, 5) is 4.88. The van der Waals surface area contributed by atoms with Crippen LogP contribution in [0.25, 0.3) is 110 Å². The Morgan fingerprint density at radius 1 is 0.283 bits per heavy atom. The number of benzene rings is 16. The minimum atomic E-state index is -2.80. The van der Waals surface area contributed by atoms with Gasteiger partial charge in [-0.15, -0.1) is 0 Å². The number of nitrogens with zero attached hydrogens (tertiary/aromatic N) is 2. The van der Waals surface area contributed by atoms with Gasteiger partial charge in [0, 0.05) is 49.4 Å². The van der Waals surface area contributed by atoms with E-state index in [0.29, 0.717) is 0 Å². The number of furan rings is 2. The molecule has 0 saturated heterocycles. The van der Waals surface area contributed by atoms with Crippen LogP contribution in [-0.4, -0.2) is 8.07 Å². The summed E-state index contributed by atoms with van der Waals surface area (Å²) in [6.07, 6.45) is 0. The van der Waals surface area contributed by atoms with Gasteiger partial charge in [-0.05, 0) is 178 Å². The summed E-state index contributed by atoms with van der Waals surface area (Å²) in [5, 5.41) is 16.7. The topological polar surface area (TPSA) is 32.8 Å². The summed E-state index contributed by atoms with van der Waals surface area (Å²) in [7, 11) is -2.80. The maximum Gasteiger partial charge on any atom is 0.179 e. The lowest BCUT2D eigenvalue weighted by Crippen LogP contribution is -2.74. The second-order valence-electron chi connectivity index (χ2n) is 27.2. The summed E-state index contributed by atoms with van der Waals surface area (Å²) < 4.78 is 14.3. The minimum Gasteiger partial charge on any atom is -0.454 e. The van der Waals surface area contributed by atoms with Crippen molar-refractivity contribution in [1.82, 2.24) is 0 Å². The fraction of sp³-hybridized carbons (Fsp3) is 0.0426. The fourth-order valence-electron chi connectivity index (χ4n) is 16.4. The SMILES string of the molecule is Cc1cccc(-c2ccc3oc4c(N(c5ccc6c(c5)C(C)(C)c5cc(N(c7ccc8ccccc8c7)c7cccc8c7oc7ccc(-c9cccc([Si](c%10ccccc%10)(c%10ccccc%10)c%10ccccc%10)c9)cc78)c7ccccc7c5-6)c5ccc6ccccc6c5)cccc4c3c2)c1. The van der Waals surface area contributed by atoms with Crippen molar-refractivity contribution in [2.45, 2.75) is 26.2 Å². The molecule has 0 radical (unpaired) electrons. The fourth-order valence-corrected chi connectivity index (χ4v) is 21.2. The Hall–Kier alpha value is -12.3. The lowest BCUT2D eigenvalue weighted by molar-refractivity contribution is 0.660. The molecular weight excluding hydrogens is 1220 g/mol. The smallest absolute Gasteiger partial charge is 0.179 e. The van der Waals surface area contributed by atoms with E-state index in [0.717, 1.165) is 105 Å². The molecule has 0 N–H and O–H groups in total. The summed E-state index contributed by atoms with van der Waals surface area (Å²) in [5.74, 6) is 0. The molecule has 99 heavy (non-hydrogen) atoms. The van der Waals surface area contributed by atoms with Crippen LogP contribution in [0.1, 0.15) is 30.5 Å². The summed E-state index contributed by atoms with van der Waals surface area (Å²) >= 11 is 0. The molecule has 1 aliphatic rings. The third-order valence-corrected chi connectivity index (χ3v) is 25.9. The number of fused-ring (bicyclic) bond motifs is 13. The van der Waals surface area contributed by atoms with Gasteiger partial charge in [0.25, 0.3) is 0 Å². The van der Waals surface area contributed by atoms with E-state index in [9.17, 15) is 0 Å². The van der Waals surface area contributed by atoms with Crippen molar-refractivity contribution in [3.8, 4) is 33.4 Å². The summed E-state index contributed by atoms with van der Waals surface area (Å²) in [6.45, 7) is 6.97. The Kier molecular flexibility index (Phi) is 13.5. The molecule has 0 amide bonds. The zero-order valence-corrected chi connectivity index (χ0v) is 56.1. The predicted molar refractivity (Wildman–Crippen MR) is 420 cm³/mol. The van der Waals surface area contributed by atoms with Crippen molar-refractivity contribution in [1.29, 1.82) is 0 Å². The predicted octanol–water partition coefficient (Wildman–Crippen LogP) is 23.2. The molecule has 0 fully saturated rings. The van der Waals surface area contributed by atoms with Gasteiger partial charge in [0.05, 0.1) is 17.1 Å². The Morgan fingerprint density at radius 3 is 1.30 bits per heavy atom. The largest absolute Gasteiger partial charge is 0.454 e. The Morgan fingerprint density at radius 2 is 0.727 bits per heavy atom. The third-order valence-electron chi connectivity index (χ3n) is 21.2. The lowest BCUT2D eigenvalue weighted by Gasteiger charge is -2.34. The maximum absolute atomic E-state index is 7.29. The first-order valence-corrected chi connectivity index (χ1v) is 36.3. The van der Waals surface area contributed by atoms with Crippen LogP contribution in [0.4, 0.5) is 34.1 Å². The van der Waals surface area contributed by atoms with Gasteiger partial charge in [-0.3, -0.25) is 0 Å². The standard InChI is InChI=1S/C94H66N2O2Si/c1-61-23-19-28-64(53-61)68-45-51-89-82(57-68)79-39-21-41-86(92(79)97-89)95(70-47-43-62-24-13-15-26-65(62)54-70)72-49-50-81-84(59-72)94(2,3)85-60-88(77-37-17-18-38-78(77)91(81)85)96(71-48-44-63-25-14-16-27-66(63)55-71)87-42-22-40-80-83-58-69(46-52-90(83)98-93(80)87)67-29-20-36-76(56-67)99(73-30-7-4-8-31-73,74-32-9-5-10-33-74)75-34-11-6-12-35-75/h4-60H,1-3H3. The Balaban J connectivity index is 0.764. The number of anilines is 6. The van der Waals surface area contributed by atoms with Crippen LogP contribution >= 0.6 is 0 Å². The van der Waals surface area contributed by atoms with Gasteiger partial charge in [-0.25, -0.2) is 0 Å².